The summed E-state index contributed by atoms with van der Waals surface area (Å²) in [6.07, 6.45) is 5.84. The van der Waals surface area contributed by atoms with Gasteiger partial charge in [0.2, 0.25) is 0 Å². The molecule has 1 aromatic heterocycles. The molecule has 3 heteroatoms. The minimum absolute atomic E-state index is 0.655. The van der Waals surface area contributed by atoms with E-state index < -0.39 is 0 Å². The molecule has 0 aromatic carbocycles. The van der Waals surface area contributed by atoms with Gasteiger partial charge in [-0.15, -0.1) is 0 Å². The van der Waals surface area contributed by atoms with Gasteiger partial charge in [0.1, 0.15) is 0 Å². The first kappa shape index (κ1) is 10.6. The van der Waals surface area contributed by atoms with E-state index in [9.17, 15) is 0 Å². The smallest absolute Gasteiger partial charge is 0.0541 e. The largest absolute Gasteiger partial charge is 0.313 e. The van der Waals surface area contributed by atoms with E-state index in [4.69, 9.17) is 0 Å². The van der Waals surface area contributed by atoms with Gasteiger partial charge in [-0.1, -0.05) is 12.5 Å². The van der Waals surface area contributed by atoms with Crippen molar-refractivity contribution in [2.24, 2.45) is 0 Å². The summed E-state index contributed by atoms with van der Waals surface area (Å²) in [5.74, 6) is 0. The summed E-state index contributed by atoms with van der Waals surface area (Å²) in [5.41, 5.74) is 1.12. The van der Waals surface area contributed by atoms with E-state index >= 15 is 0 Å². The van der Waals surface area contributed by atoms with Gasteiger partial charge in [-0.2, -0.15) is 0 Å². The topological polar surface area (TPSA) is 37.0 Å². The molecule has 2 rings (SSSR count). The highest BCUT2D eigenvalue weighted by Gasteiger charge is 2.11. The summed E-state index contributed by atoms with van der Waals surface area (Å²) in [5, 5.41) is 6.97. The van der Waals surface area contributed by atoms with Crippen LogP contribution >= 0.6 is 0 Å². The summed E-state index contributed by atoms with van der Waals surface area (Å²) in [6.45, 7) is 3.10. The van der Waals surface area contributed by atoms with Crippen molar-refractivity contribution >= 4 is 0 Å². The van der Waals surface area contributed by atoms with Crippen LogP contribution in [0.4, 0.5) is 0 Å². The van der Waals surface area contributed by atoms with Crippen LogP contribution < -0.4 is 10.6 Å². The Morgan fingerprint density at radius 1 is 1.40 bits per heavy atom. The number of aromatic nitrogens is 1. The van der Waals surface area contributed by atoms with Crippen LogP contribution in [-0.4, -0.2) is 24.1 Å². The zero-order valence-corrected chi connectivity index (χ0v) is 9.08. The van der Waals surface area contributed by atoms with E-state index in [0.29, 0.717) is 6.04 Å². The van der Waals surface area contributed by atoms with Gasteiger partial charge in [-0.3, -0.25) is 4.98 Å². The van der Waals surface area contributed by atoms with E-state index in [0.717, 1.165) is 18.8 Å². The molecule has 0 saturated carbocycles. The zero-order chi connectivity index (χ0) is 10.3. The molecular formula is C12H19N3. The summed E-state index contributed by atoms with van der Waals surface area (Å²) in [7, 11) is 0. The molecule has 1 aromatic rings. The summed E-state index contributed by atoms with van der Waals surface area (Å²) in [6, 6.07) is 6.69. The second-order valence-corrected chi connectivity index (χ2v) is 4.10. The maximum Gasteiger partial charge on any atom is 0.0541 e. The molecular weight excluding hydrogens is 186 g/mol. The standard InChI is InChI=1S/C12H19N3/c1-3-7-14-11(5-1)9-13-10-12-6-2-4-8-15-12/h1,3,5,7,12-13,15H,2,4,6,8-10H2/t12-/m0/s1. The highest BCUT2D eigenvalue weighted by molar-refractivity contribution is 5.02. The number of nitrogens with one attached hydrogen (secondary N) is 2. The van der Waals surface area contributed by atoms with Crippen molar-refractivity contribution in [2.75, 3.05) is 13.1 Å². The molecule has 3 nitrogen and oxygen atoms in total. The molecule has 1 saturated heterocycles. The second-order valence-electron chi connectivity index (χ2n) is 4.10. The minimum atomic E-state index is 0.655. The molecule has 1 aliphatic rings. The second kappa shape index (κ2) is 5.83. The van der Waals surface area contributed by atoms with Crippen molar-refractivity contribution in [1.29, 1.82) is 0 Å². The Bertz CT molecular complexity index is 267. The highest BCUT2D eigenvalue weighted by Crippen LogP contribution is 2.05. The van der Waals surface area contributed by atoms with E-state index in [1.165, 1.54) is 25.8 Å². The Hall–Kier alpha value is -0.930. The lowest BCUT2D eigenvalue weighted by atomic mass is 10.1. The molecule has 0 aliphatic carbocycles. The Kier molecular flexibility index (Phi) is 4.11. The lowest BCUT2D eigenvalue weighted by molar-refractivity contribution is 0.382. The highest BCUT2D eigenvalue weighted by atomic mass is 15.0. The van der Waals surface area contributed by atoms with Gasteiger partial charge in [-0.05, 0) is 31.5 Å². The minimum Gasteiger partial charge on any atom is -0.313 e. The number of piperidine rings is 1. The molecule has 2 heterocycles. The monoisotopic (exact) mass is 205 g/mol. The Morgan fingerprint density at radius 2 is 2.40 bits per heavy atom. The lowest BCUT2D eigenvalue weighted by Gasteiger charge is -2.23. The predicted molar refractivity (Wildman–Crippen MR) is 61.6 cm³/mol. The molecule has 0 radical (unpaired) electrons. The van der Waals surface area contributed by atoms with Crippen LogP contribution in [0.3, 0.4) is 0 Å². The third-order valence-electron chi connectivity index (χ3n) is 2.84. The molecule has 82 valence electrons. The van der Waals surface area contributed by atoms with Crippen molar-refractivity contribution in [3.05, 3.63) is 30.1 Å². The number of hydrogen-bond donors (Lipinski definition) is 2. The lowest BCUT2D eigenvalue weighted by Crippen LogP contribution is -2.41. The molecule has 0 unspecified atom stereocenters. The molecule has 0 spiro atoms. The van der Waals surface area contributed by atoms with Crippen molar-refractivity contribution in [2.45, 2.75) is 31.8 Å². The van der Waals surface area contributed by atoms with Crippen LogP contribution in [0.15, 0.2) is 24.4 Å². The summed E-state index contributed by atoms with van der Waals surface area (Å²) < 4.78 is 0. The van der Waals surface area contributed by atoms with Crippen molar-refractivity contribution in [1.82, 2.24) is 15.6 Å². The van der Waals surface area contributed by atoms with Gasteiger partial charge in [-0.25, -0.2) is 0 Å². The third-order valence-corrected chi connectivity index (χ3v) is 2.84. The fourth-order valence-corrected chi connectivity index (χ4v) is 1.98. The van der Waals surface area contributed by atoms with E-state index in [1.807, 2.05) is 18.3 Å². The normalized spacial score (nSPS) is 21.5. The van der Waals surface area contributed by atoms with Crippen LogP contribution in [0.5, 0.6) is 0 Å². The predicted octanol–water partition coefficient (Wildman–Crippen LogP) is 1.31. The van der Waals surface area contributed by atoms with Crippen molar-refractivity contribution in [3.63, 3.8) is 0 Å². The first-order valence-corrected chi connectivity index (χ1v) is 5.79. The Morgan fingerprint density at radius 3 is 3.13 bits per heavy atom. The maximum absolute atomic E-state index is 4.28. The quantitative estimate of drug-likeness (QED) is 0.778. The average molecular weight is 205 g/mol. The van der Waals surface area contributed by atoms with Crippen LogP contribution in [0, 0.1) is 0 Å². The van der Waals surface area contributed by atoms with E-state index in [1.54, 1.807) is 0 Å². The fraction of sp³-hybridized carbons (Fsp3) is 0.583. The van der Waals surface area contributed by atoms with Crippen LogP contribution in [0.2, 0.25) is 0 Å². The Balaban J connectivity index is 1.66. The van der Waals surface area contributed by atoms with E-state index in [2.05, 4.69) is 21.7 Å². The average Bonchev–Trinajstić information content (AvgIpc) is 2.32. The maximum atomic E-state index is 4.28. The molecule has 1 fully saturated rings. The van der Waals surface area contributed by atoms with Crippen molar-refractivity contribution < 1.29 is 0 Å². The number of nitrogens with zero attached hydrogens (tertiary/aromatic N) is 1. The van der Waals surface area contributed by atoms with Gasteiger partial charge in [0.05, 0.1) is 5.69 Å². The molecule has 1 atom stereocenters. The SMILES string of the molecule is c1ccc(CNC[C@@H]2CCCCN2)nc1. The number of pyridine rings is 1. The van der Waals surface area contributed by atoms with E-state index in [-0.39, 0.29) is 0 Å². The number of rotatable bonds is 4. The van der Waals surface area contributed by atoms with Crippen molar-refractivity contribution in [3.8, 4) is 0 Å². The first-order valence-electron chi connectivity index (χ1n) is 5.79. The fourth-order valence-electron chi connectivity index (χ4n) is 1.98. The molecule has 0 amide bonds. The van der Waals surface area contributed by atoms with Gasteiger partial charge in [0.15, 0.2) is 0 Å². The van der Waals surface area contributed by atoms with Crippen LogP contribution in [-0.2, 0) is 6.54 Å². The molecule has 0 bridgehead atoms. The Labute approximate surface area is 91.3 Å². The van der Waals surface area contributed by atoms with Gasteiger partial charge in [0, 0.05) is 25.3 Å². The number of hydrogen-bond acceptors (Lipinski definition) is 3. The first-order chi connectivity index (χ1) is 7.45. The molecule has 2 N–H and O–H groups in total. The third kappa shape index (κ3) is 3.61. The molecule has 1 aliphatic heterocycles. The van der Waals surface area contributed by atoms with Gasteiger partial charge in [0.25, 0.3) is 0 Å². The molecule has 15 heavy (non-hydrogen) atoms. The zero-order valence-electron chi connectivity index (χ0n) is 9.08. The van der Waals surface area contributed by atoms with Crippen LogP contribution in [0.25, 0.3) is 0 Å². The van der Waals surface area contributed by atoms with Gasteiger partial charge < -0.3 is 10.6 Å². The van der Waals surface area contributed by atoms with Gasteiger partial charge >= 0.3 is 0 Å². The summed E-state index contributed by atoms with van der Waals surface area (Å²) >= 11 is 0. The van der Waals surface area contributed by atoms with Crippen LogP contribution in [0.1, 0.15) is 25.0 Å². The summed E-state index contributed by atoms with van der Waals surface area (Å²) in [4.78, 5) is 4.28.